The zero-order valence-electron chi connectivity index (χ0n) is 13.4. The number of urea groups is 1. The Bertz CT molecular complexity index is 716. The minimum atomic E-state index is -0.322. The summed E-state index contributed by atoms with van der Waals surface area (Å²) in [5.41, 5.74) is 1.34. The lowest BCUT2D eigenvalue weighted by Gasteiger charge is -2.21. The van der Waals surface area contributed by atoms with Gasteiger partial charge in [0, 0.05) is 36.8 Å². The molecule has 1 unspecified atom stereocenters. The molecule has 8 heteroatoms. The van der Waals surface area contributed by atoms with Gasteiger partial charge in [-0.3, -0.25) is 4.79 Å². The van der Waals surface area contributed by atoms with Crippen LogP contribution in [0.25, 0.3) is 11.5 Å². The number of benzene rings is 1. The number of anilines is 1. The van der Waals surface area contributed by atoms with Crippen molar-refractivity contribution in [2.24, 2.45) is 0 Å². The maximum atomic E-state index is 12.1. The van der Waals surface area contributed by atoms with Crippen LogP contribution in [0.2, 0.25) is 0 Å². The van der Waals surface area contributed by atoms with E-state index < -0.39 is 0 Å². The highest BCUT2D eigenvalue weighted by Gasteiger charge is 2.22. The topological polar surface area (TPSA) is 100 Å². The van der Waals surface area contributed by atoms with Crippen LogP contribution in [0.3, 0.4) is 0 Å². The second-order valence-corrected chi connectivity index (χ2v) is 5.77. The highest BCUT2D eigenvalue weighted by atomic mass is 16.4. The molecule has 8 nitrogen and oxygen atoms in total. The van der Waals surface area contributed by atoms with E-state index in [1.165, 1.54) is 6.39 Å². The summed E-state index contributed by atoms with van der Waals surface area (Å²) >= 11 is 0. The fourth-order valence-electron chi connectivity index (χ4n) is 2.69. The van der Waals surface area contributed by atoms with Crippen molar-refractivity contribution in [1.29, 1.82) is 0 Å². The number of hydrogen-bond donors (Lipinski definition) is 2. The molecule has 1 fully saturated rings. The first kappa shape index (κ1) is 16.0. The smallest absolute Gasteiger partial charge is 0.319 e. The van der Waals surface area contributed by atoms with E-state index in [0.717, 1.165) is 18.5 Å². The molecular weight excluding hydrogens is 310 g/mol. The minimum absolute atomic E-state index is 0.133. The number of amides is 3. The Morgan fingerprint density at radius 3 is 3.04 bits per heavy atom. The van der Waals surface area contributed by atoms with E-state index >= 15 is 0 Å². The molecule has 1 aromatic carbocycles. The molecule has 1 aliphatic heterocycles. The second-order valence-electron chi connectivity index (χ2n) is 5.77. The maximum absolute atomic E-state index is 12.1. The summed E-state index contributed by atoms with van der Waals surface area (Å²) in [7, 11) is 0. The largest absolute Gasteiger partial charge is 0.423 e. The first-order chi connectivity index (χ1) is 11.6. The third-order valence-electron chi connectivity index (χ3n) is 3.77. The van der Waals surface area contributed by atoms with Gasteiger partial charge in [0.2, 0.25) is 18.2 Å². The standard InChI is InChI=1S/C16H19N5O3/c1-11(9-21-7-3-6-14(21)22)18-16(23)19-13-5-2-4-12(8-13)15-20-17-10-24-15/h2,4-5,8,10-11H,3,6-7,9H2,1H3,(H2,18,19,23). The Labute approximate surface area is 139 Å². The number of aromatic nitrogens is 2. The number of carbonyl (C=O) groups excluding carboxylic acids is 2. The van der Waals surface area contributed by atoms with E-state index in [0.29, 0.717) is 24.5 Å². The molecule has 3 amide bonds. The molecule has 2 aromatic rings. The lowest BCUT2D eigenvalue weighted by Crippen LogP contribution is -2.44. The van der Waals surface area contributed by atoms with E-state index in [-0.39, 0.29) is 18.0 Å². The molecule has 0 saturated carbocycles. The molecule has 1 atom stereocenters. The van der Waals surface area contributed by atoms with E-state index in [1.54, 1.807) is 23.1 Å². The van der Waals surface area contributed by atoms with Gasteiger partial charge in [0.25, 0.3) is 0 Å². The molecule has 1 saturated heterocycles. The molecule has 2 heterocycles. The third kappa shape index (κ3) is 3.89. The Hall–Kier alpha value is -2.90. The van der Waals surface area contributed by atoms with Crippen LogP contribution in [0.5, 0.6) is 0 Å². The summed E-state index contributed by atoms with van der Waals surface area (Å²) < 4.78 is 5.14. The van der Waals surface area contributed by atoms with Crippen molar-refractivity contribution in [3.63, 3.8) is 0 Å². The second kappa shape index (κ2) is 7.12. The number of nitrogens with one attached hydrogen (secondary N) is 2. The van der Waals surface area contributed by atoms with Crippen molar-refractivity contribution < 1.29 is 14.0 Å². The third-order valence-corrected chi connectivity index (χ3v) is 3.77. The average Bonchev–Trinajstić information content (AvgIpc) is 3.20. The van der Waals surface area contributed by atoms with Crippen LogP contribution >= 0.6 is 0 Å². The Morgan fingerprint density at radius 1 is 1.46 bits per heavy atom. The lowest BCUT2D eigenvalue weighted by atomic mass is 10.2. The van der Waals surface area contributed by atoms with Gasteiger partial charge in [-0.25, -0.2) is 4.79 Å². The molecule has 1 aromatic heterocycles. The predicted octanol–water partition coefficient (Wildman–Crippen LogP) is 1.87. The predicted molar refractivity (Wildman–Crippen MR) is 87.2 cm³/mol. The number of nitrogens with zero attached hydrogens (tertiary/aromatic N) is 3. The summed E-state index contributed by atoms with van der Waals surface area (Å²) in [5.74, 6) is 0.538. The van der Waals surface area contributed by atoms with E-state index in [2.05, 4.69) is 20.8 Å². The molecule has 0 bridgehead atoms. The Balaban J connectivity index is 1.55. The number of carbonyl (C=O) groups is 2. The summed E-state index contributed by atoms with van der Waals surface area (Å²) in [6.07, 6.45) is 2.74. The summed E-state index contributed by atoms with van der Waals surface area (Å²) in [6.45, 7) is 3.16. The van der Waals surface area contributed by atoms with Crippen molar-refractivity contribution >= 4 is 17.6 Å². The van der Waals surface area contributed by atoms with Crippen molar-refractivity contribution in [3.05, 3.63) is 30.7 Å². The molecular formula is C16H19N5O3. The van der Waals surface area contributed by atoms with Gasteiger partial charge in [-0.15, -0.1) is 10.2 Å². The fourth-order valence-corrected chi connectivity index (χ4v) is 2.69. The molecule has 0 aliphatic carbocycles. The molecule has 0 radical (unpaired) electrons. The van der Waals surface area contributed by atoms with Gasteiger partial charge in [0.1, 0.15) is 0 Å². The zero-order chi connectivity index (χ0) is 16.9. The normalized spacial score (nSPS) is 15.4. The monoisotopic (exact) mass is 329 g/mol. The molecule has 126 valence electrons. The average molecular weight is 329 g/mol. The number of likely N-dealkylation sites (tertiary alicyclic amines) is 1. The van der Waals surface area contributed by atoms with Crippen LogP contribution in [0.4, 0.5) is 10.5 Å². The van der Waals surface area contributed by atoms with Gasteiger partial charge < -0.3 is 20.0 Å². The molecule has 2 N–H and O–H groups in total. The molecule has 3 rings (SSSR count). The molecule has 0 spiro atoms. The summed E-state index contributed by atoms with van der Waals surface area (Å²) in [4.78, 5) is 25.5. The zero-order valence-corrected chi connectivity index (χ0v) is 13.4. The van der Waals surface area contributed by atoms with E-state index in [9.17, 15) is 9.59 Å². The van der Waals surface area contributed by atoms with Crippen molar-refractivity contribution in [2.45, 2.75) is 25.8 Å². The van der Waals surface area contributed by atoms with E-state index in [1.807, 2.05) is 13.0 Å². The number of hydrogen-bond acceptors (Lipinski definition) is 5. The molecule has 1 aliphatic rings. The summed E-state index contributed by atoms with van der Waals surface area (Å²) in [6, 6.07) is 6.68. The quantitative estimate of drug-likeness (QED) is 0.872. The van der Waals surface area contributed by atoms with E-state index in [4.69, 9.17) is 4.42 Å². The van der Waals surface area contributed by atoms with Gasteiger partial charge in [0.15, 0.2) is 0 Å². The van der Waals surface area contributed by atoms with Crippen LogP contribution in [0, 0.1) is 0 Å². The first-order valence-electron chi connectivity index (χ1n) is 7.84. The van der Waals surface area contributed by atoms with Gasteiger partial charge in [-0.05, 0) is 31.5 Å². The van der Waals surface area contributed by atoms with Crippen molar-refractivity contribution in [1.82, 2.24) is 20.4 Å². The van der Waals surface area contributed by atoms with Crippen LogP contribution in [-0.2, 0) is 4.79 Å². The highest BCUT2D eigenvalue weighted by molar-refractivity contribution is 5.90. The highest BCUT2D eigenvalue weighted by Crippen LogP contribution is 2.20. The van der Waals surface area contributed by atoms with Gasteiger partial charge in [0.05, 0.1) is 0 Å². The first-order valence-corrected chi connectivity index (χ1v) is 7.84. The van der Waals surface area contributed by atoms with Gasteiger partial charge in [-0.1, -0.05) is 6.07 Å². The van der Waals surface area contributed by atoms with Crippen molar-refractivity contribution in [2.75, 3.05) is 18.4 Å². The Kier molecular flexibility index (Phi) is 4.74. The van der Waals surface area contributed by atoms with Crippen LogP contribution < -0.4 is 10.6 Å². The van der Waals surface area contributed by atoms with Gasteiger partial charge in [-0.2, -0.15) is 0 Å². The maximum Gasteiger partial charge on any atom is 0.319 e. The minimum Gasteiger partial charge on any atom is -0.423 e. The van der Waals surface area contributed by atoms with Crippen LogP contribution in [0.15, 0.2) is 35.1 Å². The van der Waals surface area contributed by atoms with Gasteiger partial charge >= 0.3 is 6.03 Å². The lowest BCUT2D eigenvalue weighted by molar-refractivity contribution is -0.127. The van der Waals surface area contributed by atoms with Crippen molar-refractivity contribution in [3.8, 4) is 11.5 Å². The fraction of sp³-hybridized carbons (Fsp3) is 0.375. The van der Waals surface area contributed by atoms with Crippen LogP contribution in [-0.4, -0.2) is 46.2 Å². The van der Waals surface area contributed by atoms with Crippen LogP contribution in [0.1, 0.15) is 19.8 Å². The molecule has 24 heavy (non-hydrogen) atoms. The number of rotatable bonds is 5. The Morgan fingerprint density at radius 2 is 2.33 bits per heavy atom. The SMILES string of the molecule is CC(CN1CCCC1=O)NC(=O)Nc1cccc(-c2nnco2)c1. The summed E-state index contributed by atoms with van der Waals surface area (Å²) in [5, 5.41) is 13.1.